The van der Waals surface area contributed by atoms with E-state index in [9.17, 15) is 17.6 Å². The van der Waals surface area contributed by atoms with Gasteiger partial charge in [-0.25, -0.2) is 8.42 Å². The van der Waals surface area contributed by atoms with Crippen molar-refractivity contribution in [2.24, 2.45) is 0 Å². The number of hydrogen-bond donors (Lipinski definition) is 1. The lowest BCUT2D eigenvalue weighted by Gasteiger charge is -2.06. The number of sulfonamides is 1. The fourth-order valence-corrected chi connectivity index (χ4v) is 3.48. The SMILES string of the molecule is CC(=O)c1ccc(NS(=O)(=O)c2ccc(F)s2)cc1. The summed E-state index contributed by atoms with van der Waals surface area (Å²) < 4.78 is 38.8. The van der Waals surface area contributed by atoms with E-state index in [-0.39, 0.29) is 9.99 Å². The largest absolute Gasteiger partial charge is 0.295 e. The maximum atomic E-state index is 12.8. The minimum absolute atomic E-state index is 0.0966. The van der Waals surface area contributed by atoms with Gasteiger partial charge in [0, 0.05) is 11.3 Å². The number of benzene rings is 1. The zero-order valence-corrected chi connectivity index (χ0v) is 11.5. The van der Waals surface area contributed by atoms with Crippen LogP contribution in [0.4, 0.5) is 10.1 Å². The summed E-state index contributed by atoms with van der Waals surface area (Å²) in [5.41, 5.74) is 0.809. The van der Waals surface area contributed by atoms with Gasteiger partial charge in [-0.05, 0) is 43.3 Å². The molecule has 0 amide bonds. The number of hydrogen-bond acceptors (Lipinski definition) is 4. The van der Waals surface area contributed by atoms with Gasteiger partial charge in [-0.15, -0.1) is 0 Å². The lowest BCUT2D eigenvalue weighted by molar-refractivity contribution is 0.101. The summed E-state index contributed by atoms with van der Waals surface area (Å²) in [7, 11) is -3.78. The minimum atomic E-state index is -3.78. The van der Waals surface area contributed by atoms with E-state index in [1.54, 1.807) is 0 Å². The number of anilines is 1. The van der Waals surface area contributed by atoms with Gasteiger partial charge in [-0.2, -0.15) is 4.39 Å². The molecule has 0 saturated heterocycles. The smallest absolute Gasteiger partial charge is 0.271 e. The van der Waals surface area contributed by atoms with E-state index in [2.05, 4.69) is 4.72 Å². The topological polar surface area (TPSA) is 63.2 Å². The van der Waals surface area contributed by atoms with Crippen LogP contribution in [0.5, 0.6) is 0 Å². The summed E-state index contributed by atoms with van der Waals surface area (Å²) in [4.78, 5) is 11.1. The molecule has 1 heterocycles. The van der Waals surface area contributed by atoms with Gasteiger partial charge < -0.3 is 0 Å². The molecule has 19 heavy (non-hydrogen) atoms. The van der Waals surface area contributed by atoms with E-state index < -0.39 is 15.2 Å². The Labute approximate surface area is 113 Å². The first-order valence-electron chi connectivity index (χ1n) is 5.27. The number of ketones is 1. The van der Waals surface area contributed by atoms with Crippen LogP contribution >= 0.6 is 11.3 Å². The first-order chi connectivity index (χ1) is 8.88. The molecule has 0 unspecified atom stereocenters. The predicted molar refractivity (Wildman–Crippen MR) is 71.5 cm³/mol. The van der Waals surface area contributed by atoms with Crippen molar-refractivity contribution < 1.29 is 17.6 Å². The van der Waals surface area contributed by atoms with Crippen LogP contribution in [0.2, 0.25) is 0 Å². The minimum Gasteiger partial charge on any atom is -0.295 e. The molecule has 0 spiro atoms. The van der Waals surface area contributed by atoms with Crippen molar-refractivity contribution in [3.8, 4) is 0 Å². The van der Waals surface area contributed by atoms with Crippen molar-refractivity contribution in [3.63, 3.8) is 0 Å². The van der Waals surface area contributed by atoms with Crippen molar-refractivity contribution in [2.75, 3.05) is 4.72 Å². The molecule has 0 fully saturated rings. The van der Waals surface area contributed by atoms with Gasteiger partial charge >= 0.3 is 0 Å². The molecule has 0 atom stereocenters. The number of thiophene rings is 1. The fourth-order valence-electron chi connectivity index (χ4n) is 1.42. The van der Waals surface area contributed by atoms with Crippen molar-refractivity contribution in [1.82, 2.24) is 0 Å². The molecular weight excluding hydrogens is 289 g/mol. The zero-order chi connectivity index (χ0) is 14.0. The first kappa shape index (κ1) is 13.7. The average Bonchev–Trinajstić information content (AvgIpc) is 2.77. The number of rotatable bonds is 4. The third-order valence-electron chi connectivity index (χ3n) is 2.36. The molecular formula is C12H10FNO3S2. The third kappa shape index (κ3) is 3.18. The Morgan fingerprint density at radius 2 is 1.79 bits per heavy atom. The van der Waals surface area contributed by atoms with Crippen LogP contribution in [0, 0.1) is 5.13 Å². The van der Waals surface area contributed by atoms with Crippen molar-refractivity contribution in [2.45, 2.75) is 11.1 Å². The lowest BCUT2D eigenvalue weighted by Crippen LogP contribution is -2.11. The summed E-state index contributed by atoms with van der Waals surface area (Å²) in [5, 5.41) is -0.563. The second-order valence-corrected chi connectivity index (χ2v) is 6.74. The average molecular weight is 299 g/mol. The van der Waals surface area contributed by atoms with Crippen LogP contribution in [0.1, 0.15) is 17.3 Å². The summed E-state index contributed by atoms with van der Waals surface area (Å²) in [5.74, 6) is -0.102. The molecule has 4 nitrogen and oxygen atoms in total. The number of carbonyl (C=O) groups excluding carboxylic acids is 1. The molecule has 100 valence electrons. The molecule has 0 aliphatic carbocycles. The Kier molecular flexibility index (Phi) is 3.68. The van der Waals surface area contributed by atoms with Gasteiger partial charge in [-0.1, -0.05) is 11.3 Å². The summed E-state index contributed by atoms with van der Waals surface area (Å²) in [6, 6.07) is 8.31. The fraction of sp³-hybridized carbons (Fsp3) is 0.0833. The molecule has 1 aromatic carbocycles. The van der Waals surface area contributed by atoms with E-state index >= 15 is 0 Å². The number of Topliss-reactive ketones (excluding diaryl/α,β-unsaturated/α-hetero) is 1. The lowest BCUT2D eigenvalue weighted by atomic mass is 10.1. The highest BCUT2D eigenvalue weighted by molar-refractivity contribution is 7.94. The van der Waals surface area contributed by atoms with E-state index in [0.29, 0.717) is 22.6 Å². The van der Waals surface area contributed by atoms with Crippen LogP contribution in [0.3, 0.4) is 0 Å². The van der Waals surface area contributed by atoms with E-state index in [1.807, 2.05) is 0 Å². The van der Waals surface area contributed by atoms with E-state index in [4.69, 9.17) is 0 Å². The van der Waals surface area contributed by atoms with E-state index in [1.165, 1.54) is 37.3 Å². The predicted octanol–water partition coefficient (Wildman–Crippen LogP) is 2.89. The summed E-state index contributed by atoms with van der Waals surface area (Å²) >= 11 is 0.551. The van der Waals surface area contributed by atoms with Crippen LogP contribution in [-0.4, -0.2) is 14.2 Å². The van der Waals surface area contributed by atoms with Gasteiger partial charge in [-0.3, -0.25) is 9.52 Å². The molecule has 1 aromatic heterocycles. The molecule has 0 aliphatic heterocycles. The Balaban J connectivity index is 2.23. The van der Waals surface area contributed by atoms with Gasteiger partial charge in [0.25, 0.3) is 10.0 Å². The zero-order valence-electron chi connectivity index (χ0n) is 9.88. The van der Waals surface area contributed by atoms with Gasteiger partial charge in [0.2, 0.25) is 0 Å². The molecule has 1 N–H and O–H groups in total. The molecule has 2 rings (SSSR count). The van der Waals surface area contributed by atoms with Crippen LogP contribution < -0.4 is 4.72 Å². The van der Waals surface area contributed by atoms with Crippen LogP contribution in [0.15, 0.2) is 40.6 Å². The van der Waals surface area contributed by atoms with Crippen LogP contribution in [-0.2, 0) is 10.0 Å². The normalized spacial score (nSPS) is 11.3. The molecule has 2 aromatic rings. The quantitative estimate of drug-likeness (QED) is 0.883. The summed E-state index contributed by atoms with van der Waals surface area (Å²) in [6.07, 6.45) is 0. The van der Waals surface area contributed by atoms with Crippen molar-refractivity contribution >= 4 is 32.8 Å². The Bertz CT molecular complexity index is 705. The maximum Gasteiger partial charge on any atom is 0.271 e. The van der Waals surface area contributed by atoms with E-state index in [0.717, 1.165) is 6.07 Å². The first-order valence-corrected chi connectivity index (χ1v) is 7.57. The van der Waals surface area contributed by atoms with Crippen molar-refractivity contribution in [3.05, 3.63) is 47.1 Å². The standard InChI is InChI=1S/C12H10FNO3S2/c1-8(15)9-2-4-10(5-3-9)14-19(16,17)12-7-6-11(13)18-12/h2-7,14H,1H3. The Hall–Kier alpha value is -1.73. The maximum absolute atomic E-state index is 12.8. The highest BCUT2D eigenvalue weighted by Gasteiger charge is 2.17. The Morgan fingerprint density at radius 1 is 1.16 bits per heavy atom. The number of carbonyl (C=O) groups is 1. The van der Waals surface area contributed by atoms with Gasteiger partial charge in [0.15, 0.2) is 10.9 Å². The highest BCUT2D eigenvalue weighted by atomic mass is 32.2. The van der Waals surface area contributed by atoms with Gasteiger partial charge in [0.05, 0.1) is 0 Å². The second kappa shape index (κ2) is 5.10. The summed E-state index contributed by atoms with van der Waals surface area (Å²) in [6.45, 7) is 1.42. The molecule has 0 bridgehead atoms. The van der Waals surface area contributed by atoms with Gasteiger partial charge in [0.1, 0.15) is 4.21 Å². The molecule has 0 aliphatic rings. The molecule has 0 radical (unpaired) electrons. The molecule has 7 heteroatoms. The monoisotopic (exact) mass is 299 g/mol. The second-order valence-electron chi connectivity index (χ2n) is 3.80. The highest BCUT2D eigenvalue weighted by Crippen LogP contribution is 2.23. The number of halogens is 1. The van der Waals surface area contributed by atoms with Crippen LogP contribution in [0.25, 0.3) is 0 Å². The molecule has 0 saturated carbocycles. The third-order valence-corrected chi connectivity index (χ3v) is 5.10. The number of nitrogens with one attached hydrogen (secondary N) is 1. The Morgan fingerprint density at radius 3 is 2.26 bits per heavy atom. The van der Waals surface area contributed by atoms with Crippen molar-refractivity contribution in [1.29, 1.82) is 0 Å².